The van der Waals surface area contributed by atoms with Crippen LogP contribution in [0.4, 0.5) is 22.0 Å². The monoisotopic (exact) mass is 552 g/mol. The molecule has 25 heavy (non-hydrogen) atoms. The number of aliphatic imine (C=N–C) groups is 1. The van der Waals surface area contributed by atoms with Gasteiger partial charge in [-0.3, -0.25) is 4.99 Å². The van der Waals surface area contributed by atoms with Gasteiger partial charge in [0.15, 0.2) is 23.3 Å². The summed E-state index contributed by atoms with van der Waals surface area (Å²) in [5.41, 5.74) is -1.19. The topological polar surface area (TPSA) is 26.5 Å². The molecule has 0 saturated heterocycles. The summed E-state index contributed by atoms with van der Waals surface area (Å²) in [7, 11) is 4.64. The molecule has 2 heterocycles. The Labute approximate surface area is 155 Å². The minimum atomic E-state index is -2.20. The third-order valence-electron chi connectivity index (χ3n) is 3.08. The third-order valence-corrected chi connectivity index (χ3v) is 3.08. The molecular formula is C16H9ClF5IrN2. The fourth-order valence-electron chi connectivity index (χ4n) is 2.11. The van der Waals surface area contributed by atoms with Crippen LogP contribution in [0.5, 0.6) is 0 Å². The molecule has 0 unspecified atom stereocenters. The Bertz CT molecular complexity index is 802. The van der Waals surface area contributed by atoms with Crippen molar-refractivity contribution < 1.29 is 39.8 Å². The van der Waals surface area contributed by atoms with Crippen molar-refractivity contribution in [1.82, 2.24) is 4.98 Å². The molecular weight excluding hydrogens is 543 g/mol. The number of allylic oxidation sites excluding steroid dienone is 2. The van der Waals surface area contributed by atoms with E-state index in [0.29, 0.717) is 0 Å². The molecule has 0 amide bonds. The van der Waals surface area contributed by atoms with Crippen LogP contribution in [0.25, 0.3) is 5.57 Å². The van der Waals surface area contributed by atoms with Gasteiger partial charge < -0.3 is 12.4 Å². The second kappa shape index (κ2) is 9.08. The number of rotatable bonds is 2. The van der Waals surface area contributed by atoms with Crippen molar-refractivity contribution in [2.75, 3.05) is 0 Å². The van der Waals surface area contributed by atoms with Crippen molar-refractivity contribution in [2.45, 2.75) is 0 Å². The Morgan fingerprint density at radius 1 is 0.960 bits per heavy atom. The number of aromatic nitrogens is 1. The number of benzene rings is 1. The predicted octanol–water partition coefficient (Wildman–Crippen LogP) is 4.88. The van der Waals surface area contributed by atoms with Gasteiger partial charge in [0.1, 0.15) is 0 Å². The van der Waals surface area contributed by atoms with Gasteiger partial charge in [0.25, 0.3) is 0 Å². The summed E-state index contributed by atoms with van der Waals surface area (Å²) in [6.07, 6.45) is 5.54. The maximum absolute atomic E-state index is 14.0. The second-order valence-electron chi connectivity index (χ2n) is 4.36. The van der Waals surface area contributed by atoms with Crippen molar-refractivity contribution in [3.63, 3.8) is 0 Å². The molecule has 0 radical (unpaired) electrons. The van der Waals surface area contributed by atoms with E-state index in [0.717, 1.165) is 0 Å². The zero-order chi connectivity index (χ0) is 17.9. The van der Waals surface area contributed by atoms with Crippen LogP contribution in [-0.4, -0.2) is 6.21 Å². The summed E-state index contributed by atoms with van der Waals surface area (Å²) in [5, 5.41) is 0. The SMILES string of the molecule is Fc1c(F)c(F)c(/C(=C2\C=CC=N2)c2ccc[n-]2)c(F)c1F.[CH3-].[Cl][Ir+2]. The van der Waals surface area contributed by atoms with Gasteiger partial charge in [-0.2, -0.15) is 6.20 Å². The van der Waals surface area contributed by atoms with Crippen molar-refractivity contribution >= 4 is 21.4 Å². The molecule has 0 fully saturated rings. The third kappa shape index (κ3) is 3.91. The molecule has 0 N–H and O–H groups in total. The summed E-state index contributed by atoms with van der Waals surface area (Å²) in [6.45, 7) is 0. The molecule has 1 aromatic carbocycles. The van der Waals surface area contributed by atoms with Crippen LogP contribution in [-0.2, 0) is 17.9 Å². The van der Waals surface area contributed by atoms with Gasteiger partial charge in [0.2, 0.25) is 5.82 Å². The van der Waals surface area contributed by atoms with Gasteiger partial charge in [-0.05, 0) is 17.7 Å². The van der Waals surface area contributed by atoms with Gasteiger partial charge in [-0.15, -0.1) is 5.69 Å². The average molecular weight is 552 g/mol. The normalized spacial score (nSPS) is 14.0. The zero-order valence-electron chi connectivity index (χ0n) is 12.5. The molecule has 1 aliphatic rings. The fraction of sp³-hybridized carbons (Fsp3) is 0. The van der Waals surface area contributed by atoms with Gasteiger partial charge in [-0.1, -0.05) is 12.1 Å². The van der Waals surface area contributed by atoms with Gasteiger partial charge in [0, 0.05) is 6.21 Å². The minimum absolute atomic E-state index is 0. The molecule has 2 aromatic rings. The van der Waals surface area contributed by atoms with Crippen LogP contribution in [0.3, 0.4) is 0 Å². The van der Waals surface area contributed by atoms with E-state index in [1.165, 1.54) is 54.6 Å². The average Bonchev–Trinajstić information content (AvgIpc) is 3.30. The standard InChI is InChI=1S/C15H6F5N2.CH3.ClH.Ir/c16-11-10(12(17)14(19)15(20)13(11)18)9(7-3-1-5-21-7)8-4-2-6-22-8;;;/h1-6H;1H3;1H;/q2*-1;;+3/p-1/b9-7+;;;. The van der Waals surface area contributed by atoms with Crippen LogP contribution >= 0.6 is 9.58 Å². The van der Waals surface area contributed by atoms with E-state index in [1.54, 1.807) is 0 Å². The number of halogens is 6. The van der Waals surface area contributed by atoms with Crippen LogP contribution in [0, 0.1) is 36.5 Å². The molecule has 0 spiro atoms. The summed E-state index contributed by atoms with van der Waals surface area (Å²) in [5.74, 6) is -10.1. The molecule has 1 aromatic heterocycles. The molecule has 134 valence electrons. The van der Waals surface area contributed by atoms with E-state index >= 15 is 0 Å². The van der Waals surface area contributed by atoms with E-state index in [2.05, 4.69) is 19.6 Å². The van der Waals surface area contributed by atoms with Crippen molar-refractivity contribution in [3.8, 4) is 0 Å². The first-order valence-electron chi connectivity index (χ1n) is 6.20. The first kappa shape index (κ1) is 21.3. The summed E-state index contributed by atoms with van der Waals surface area (Å²) in [4.78, 5) is 7.73. The molecule has 3 rings (SSSR count). The Morgan fingerprint density at radius 3 is 1.96 bits per heavy atom. The Morgan fingerprint density at radius 2 is 1.52 bits per heavy atom. The second-order valence-corrected chi connectivity index (χ2v) is 4.36. The van der Waals surface area contributed by atoms with E-state index in [1.807, 2.05) is 0 Å². The fourth-order valence-corrected chi connectivity index (χ4v) is 2.11. The molecule has 2 nitrogen and oxygen atoms in total. The van der Waals surface area contributed by atoms with E-state index < -0.39 is 34.6 Å². The number of nitrogens with zero attached hydrogens (tertiary/aromatic N) is 2. The summed E-state index contributed by atoms with van der Waals surface area (Å²) >= 11 is 1.47. The summed E-state index contributed by atoms with van der Waals surface area (Å²) in [6, 6.07) is 2.87. The molecule has 0 aliphatic carbocycles. The van der Waals surface area contributed by atoms with Crippen LogP contribution in [0.15, 0.2) is 41.2 Å². The zero-order valence-corrected chi connectivity index (χ0v) is 15.6. The Kier molecular flexibility index (Phi) is 7.73. The first-order valence-corrected chi connectivity index (χ1v) is 9.16. The van der Waals surface area contributed by atoms with Gasteiger partial charge >= 0.3 is 27.5 Å². The predicted molar refractivity (Wildman–Crippen MR) is 81.9 cm³/mol. The summed E-state index contributed by atoms with van der Waals surface area (Å²) < 4.78 is 68.1. The molecule has 0 atom stereocenters. The van der Waals surface area contributed by atoms with Gasteiger partial charge in [-0.25, -0.2) is 22.0 Å². The van der Waals surface area contributed by atoms with Crippen molar-refractivity contribution in [3.05, 3.63) is 83.9 Å². The van der Waals surface area contributed by atoms with Crippen molar-refractivity contribution in [2.24, 2.45) is 4.99 Å². The van der Waals surface area contributed by atoms with E-state index in [9.17, 15) is 22.0 Å². The van der Waals surface area contributed by atoms with Gasteiger partial charge in [0.05, 0.1) is 11.3 Å². The molecule has 9 heteroatoms. The molecule has 0 saturated carbocycles. The number of hydrogen-bond acceptors (Lipinski definition) is 1. The van der Waals surface area contributed by atoms with E-state index in [4.69, 9.17) is 0 Å². The van der Waals surface area contributed by atoms with Crippen molar-refractivity contribution in [1.29, 1.82) is 0 Å². The van der Waals surface area contributed by atoms with E-state index in [-0.39, 0.29) is 24.4 Å². The van der Waals surface area contributed by atoms with Crippen LogP contribution in [0.1, 0.15) is 11.3 Å². The molecule has 1 aliphatic heterocycles. The Balaban J connectivity index is 0.00000101. The number of hydrogen-bond donors (Lipinski definition) is 0. The van der Waals surface area contributed by atoms with Crippen LogP contribution in [0.2, 0.25) is 0 Å². The molecule has 0 bridgehead atoms. The first-order chi connectivity index (χ1) is 11.5. The maximum atomic E-state index is 14.0. The Hall–Kier alpha value is -1.76. The van der Waals surface area contributed by atoms with Crippen LogP contribution < -0.4 is 4.98 Å². The quantitative estimate of drug-likeness (QED) is 0.226.